The van der Waals surface area contributed by atoms with Gasteiger partial charge in [0, 0.05) is 24.3 Å². The average molecular weight is 514 g/mol. The second-order valence-corrected chi connectivity index (χ2v) is 9.53. The molecule has 1 aromatic heterocycles. The van der Waals surface area contributed by atoms with Gasteiger partial charge in [-0.15, -0.1) is 11.3 Å². The fourth-order valence-corrected chi connectivity index (χ4v) is 4.56. The Labute approximate surface area is 211 Å². The van der Waals surface area contributed by atoms with Crippen molar-refractivity contribution < 1.29 is 23.9 Å². The molecule has 4 rings (SSSR count). The summed E-state index contributed by atoms with van der Waals surface area (Å²) in [5.41, 5.74) is 2.14. The Bertz CT molecular complexity index is 1200. The van der Waals surface area contributed by atoms with E-state index in [0.29, 0.717) is 33.8 Å². The van der Waals surface area contributed by atoms with Crippen LogP contribution in [0.5, 0.6) is 5.75 Å². The van der Waals surface area contributed by atoms with Gasteiger partial charge >= 0.3 is 0 Å². The molecule has 10 heteroatoms. The molecule has 2 heterocycles. The van der Waals surface area contributed by atoms with Crippen LogP contribution in [0.25, 0.3) is 0 Å². The van der Waals surface area contributed by atoms with Crippen molar-refractivity contribution in [3.8, 4) is 5.75 Å². The lowest BCUT2D eigenvalue weighted by Crippen LogP contribution is -2.45. The summed E-state index contributed by atoms with van der Waals surface area (Å²) in [4.78, 5) is 40.1. The van der Waals surface area contributed by atoms with E-state index in [4.69, 9.17) is 21.1 Å². The largest absolute Gasteiger partial charge is 0.497 e. The predicted octanol–water partition coefficient (Wildman–Crippen LogP) is 3.75. The zero-order valence-electron chi connectivity index (χ0n) is 19.0. The van der Waals surface area contributed by atoms with E-state index in [2.05, 4.69) is 10.6 Å². The fraction of sp³-hybridized carbons (Fsp3) is 0.240. The maximum atomic E-state index is 13.2. The number of nitrogens with zero attached hydrogens (tertiary/aromatic N) is 1. The van der Waals surface area contributed by atoms with Crippen molar-refractivity contribution in [1.29, 1.82) is 0 Å². The first kappa shape index (κ1) is 24.7. The number of anilines is 2. The normalized spacial score (nSPS) is 14.3. The fourth-order valence-electron chi connectivity index (χ4n) is 3.62. The number of amides is 3. The summed E-state index contributed by atoms with van der Waals surface area (Å²) in [6, 6.07) is 16.7. The van der Waals surface area contributed by atoms with E-state index in [1.807, 2.05) is 12.1 Å². The Balaban J connectivity index is 1.48. The molecule has 2 aromatic carbocycles. The molecule has 2 N–H and O–H groups in total. The summed E-state index contributed by atoms with van der Waals surface area (Å²) >= 11 is 7.11. The standard InChI is InChI=1S/C25H24ClN3O5S/c1-33-19-8-2-16(3-9-19)14-20(28-25(32)21-10-11-22(26)35-21)24(31)27-17-4-6-18(7-5-17)29-12-13-34-15-23(29)30/h2-11,20H,12-15H2,1H3,(H,27,31)(H,28,32)/t20-/m1/s1. The number of thiophene rings is 1. The number of nitrogens with one attached hydrogen (secondary N) is 2. The van der Waals surface area contributed by atoms with Crippen molar-refractivity contribution in [2.75, 3.05) is 37.1 Å². The third-order valence-electron chi connectivity index (χ3n) is 5.45. The van der Waals surface area contributed by atoms with Crippen molar-refractivity contribution in [2.45, 2.75) is 12.5 Å². The minimum atomic E-state index is -0.836. The Kier molecular flexibility index (Phi) is 8.02. The van der Waals surface area contributed by atoms with Crippen LogP contribution in [0.3, 0.4) is 0 Å². The van der Waals surface area contributed by atoms with Gasteiger partial charge in [0.05, 0.1) is 22.9 Å². The second-order valence-electron chi connectivity index (χ2n) is 7.82. The summed E-state index contributed by atoms with van der Waals surface area (Å²) in [7, 11) is 1.58. The van der Waals surface area contributed by atoms with Gasteiger partial charge in [-0.2, -0.15) is 0 Å². The molecule has 1 atom stereocenters. The molecule has 1 fully saturated rings. The number of benzene rings is 2. The van der Waals surface area contributed by atoms with Gasteiger partial charge in [-0.3, -0.25) is 14.4 Å². The molecule has 1 aliphatic rings. The molecule has 0 spiro atoms. The number of rotatable bonds is 8. The van der Waals surface area contributed by atoms with Crippen LogP contribution in [0.2, 0.25) is 4.34 Å². The van der Waals surface area contributed by atoms with E-state index >= 15 is 0 Å². The van der Waals surface area contributed by atoms with E-state index < -0.39 is 6.04 Å². The SMILES string of the molecule is COc1ccc(C[C@@H](NC(=O)c2ccc(Cl)s2)C(=O)Nc2ccc(N3CCOCC3=O)cc2)cc1. The molecule has 0 unspecified atom stereocenters. The van der Waals surface area contributed by atoms with Crippen molar-refractivity contribution in [2.24, 2.45) is 0 Å². The molecule has 8 nitrogen and oxygen atoms in total. The molecule has 0 saturated carbocycles. The van der Waals surface area contributed by atoms with Gasteiger partial charge in [-0.05, 0) is 54.1 Å². The highest BCUT2D eigenvalue weighted by molar-refractivity contribution is 7.18. The quantitative estimate of drug-likeness (QED) is 0.478. The molecule has 0 aliphatic carbocycles. The molecular weight excluding hydrogens is 490 g/mol. The smallest absolute Gasteiger partial charge is 0.262 e. The Morgan fingerprint density at radius 1 is 1.11 bits per heavy atom. The van der Waals surface area contributed by atoms with Crippen molar-refractivity contribution in [3.05, 3.63) is 75.4 Å². The molecule has 3 aromatic rings. The minimum absolute atomic E-state index is 0.0562. The molecule has 0 radical (unpaired) electrons. The third kappa shape index (κ3) is 6.39. The number of carbonyl (C=O) groups is 3. The second kappa shape index (κ2) is 11.4. The van der Waals surface area contributed by atoms with Crippen LogP contribution >= 0.6 is 22.9 Å². The zero-order valence-corrected chi connectivity index (χ0v) is 20.5. The van der Waals surface area contributed by atoms with E-state index in [9.17, 15) is 14.4 Å². The number of hydrogen-bond donors (Lipinski definition) is 2. The van der Waals surface area contributed by atoms with Crippen LogP contribution in [-0.2, 0) is 20.7 Å². The molecule has 1 aliphatic heterocycles. The van der Waals surface area contributed by atoms with Crippen LogP contribution < -0.4 is 20.3 Å². The van der Waals surface area contributed by atoms with Gasteiger partial charge in [0.25, 0.3) is 11.8 Å². The van der Waals surface area contributed by atoms with Gasteiger partial charge in [0.15, 0.2) is 0 Å². The molecular formula is C25H24ClN3O5S. The van der Waals surface area contributed by atoms with E-state index in [-0.39, 0.29) is 30.7 Å². The number of methoxy groups -OCH3 is 1. The van der Waals surface area contributed by atoms with E-state index in [1.165, 1.54) is 0 Å². The Hall–Kier alpha value is -3.40. The molecule has 182 valence electrons. The predicted molar refractivity (Wildman–Crippen MR) is 136 cm³/mol. The topological polar surface area (TPSA) is 97.0 Å². The van der Waals surface area contributed by atoms with Crippen LogP contribution in [0.15, 0.2) is 60.7 Å². The van der Waals surface area contributed by atoms with Crippen LogP contribution in [-0.4, -0.2) is 50.6 Å². The van der Waals surface area contributed by atoms with Crippen LogP contribution in [0.1, 0.15) is 15.2 Å². The summed E-state index contributed by atoms with van der Waals surface area (Å²) < 4.78 is 10.9. The van der Waals surface area contributed by atoms with Crippen molar-refractivity contribution in [3.63, 3.8) is 0 Å². The summed E-state index contributed by atoms with van der Waals surface area (Å²) in [5.74, 6) is -0.154. The van der Waals surface area contributed by atoms with Gasteiger partial charge in [0.1, 0.15) is 18.4 Å². The number of hydrogen-bond acceptors (Lipinski definition) is 6. The summed E-state index contributed by atoms with van der Waals surface area (Å²) in [5, 5.41) is 5.67. The minimum Gasteiger partial charge on any atom is -0.497 e. The zero-order chi connectivity index (χ0) is 24.8. The van der Waals surface area contributed by atoms with Crippen LogP contribution in [0, 0.1) is 0 Å². The highest BCUT2D eigenvalue weighted by Gasteiger charge is 2.24. The van der Waals surface area contributed by atoms with Crippen LogP contribution in [0.4, 0.5) is 11.4 Å². The third-order valence-corrected chi connectivity index (χ3v) is 6.68. The lowest BCUT2D eigenvalue weighted by molar-refractivity contribution is -0.125. The monoisotopic (exact) mass is 513 g/mol. The van der Waals surface area contributed by atoms with Gasteiger partial charge < -0.3 is 25.0 Å². The van der Waals surface area contributed by atoms with Crippen molar-refractivity contribution in [1.82, 2.24) is 5.32 Å². The molecule has 1 saturated heterocycles. The van der Waals surface area contributed by atoms with Gasteiger partial charge in [0.2, 0.25) is 5.91 Å². The summed E-state index contributed by atoms with van der Waals surface area (Å²) in [6.07, 6.45) is 0.279. The summed E-state index contributed by atoms with van der Waals surface area (Å²) in [6.45, 7) is 1.01. The average Bonchev–Trinajstić information content (AvgIpc) is 3.31. The maximum absolute atomic E-state index is 13.2. The highest BCUT2D eigenvalue weighted by Crippen LogP contribution is 2.23. The molecule has 3 amide bonds. The highest BCUT2D eigenvalue weighted by atomic mass is 35.5. The first-order chi connectivity index (χ1) is 16.9. The van der Waals surface area contributed by atoms with E-state index in [1.54, 1.807) is 60.5 Å². The Morgan fingerprint density at radius 3 is 2.49 bits per heavy atom. The van der Waals surface area contributed by atoms with Gasteiger partial charge in [-0.1, -0.05) is 23.7 Å². The van der Waals surface area contributed by atoms with Crippen molar-refractivity contribution >= 4 is 52.0 Å². The van der Waals surface area contributed by atoms with E-state index in [0.717, 1.165) is 22.6 Å². The lowest BCUT2D eigenvalue weighted by atomic mass is 10.0. The molecule has 0 bridgehead atoms. The lowest BCUT2D eigenvalue weighted by Gasteiger charge is -2.27. The number of morpholine rings is 1. The number of carbonyl (C=O) groups excluding carboxylic acids is 3. The maximum Gasteiger partial charge on any atom is 0.262 e. The Morgan fingerprint density at radius 2 is 1.86 bits per heavy atom. The van der Waals surface area contributed by atoms with Gasteiger partial charge in [-0.25, -0.2) is 0 Å². The first-order valence-corrected chi connectivity index (χ1v) is 12.1. The number of halogens is 1. The molecule has 35 heavy (non-hydrogen) atoms. The number of ether oxygens (including phenoxy) is 2. The first-order valence-electron chi connectivity index (χ1n) is 10.9.